The van der Waals surface area contributed by atoms with Gasteiger partial charge in [-0.2, -0.15) is 0 Å². The van der Waals surface area contributed by atoms with Gasteiger partial charge in [0.15, 0.2) is 0 Å². The van der Waals surface area contributed by atoms with E-state index >= 15 is 0 Å². The van der Waals surface area contributed by atoms with E-state index in [1.807, 2.05) is 26.0 Å². The zero-order valence-corrected chi connectivity index (χ0v) is 10.0. The standard InChI is InChI=1S/C12H16O2S/c1-9-5-6-10(15-9)11(13)12(2)7-3-4-8-14-12/h5-6H,3-4,7-8H2,1-2H3. The van der Waals surface area contributed by atoms with Crippen molar-refractivity contribution in [3.63, 3.8) is 0 Å². The summed E-state index contributed by atoms with van der Waals surface area (Å²) < 4.78 is 5.65. The molecule has 82 valence electrons. The van der Waals surface area contributed by atoms with E-state index in [-0.39, 0.29) is 5.78 Å². The molecule has 1 aliphatic heterocycles. The summed E-state index contributed by atoms with van der Waals surface area (Å²) in [5.74, 6) is 0.153. The fourth-order valence-electron chi connectivity index (χ4n) is 1.93. The molecule has 2 heterocycles. The number of hydrogen-bond acceptors (Lipinski definition) is 3. The minimum Gasteiger partial charge on any atom is -0.367 e. The number of thiophene rings is 1. The summed E-state index contributed by atoms with van der Waals surface area (Å²) in [5, 5.41) is 0. The van der Waals surface area contributed by atoms with Gasteiger partial charge in [-0.15, -0.1) is 11.3 Å². The summed E-state index contributed by atoms with van der Waals surface area (Å²) in [6, 6.07) is 3.90. The Bertz CT molecular complexity index is 361. The molecule has 0 saturated carbocycles. The fourth-order valence-corrected chi connectivity index (χ4v) is 2.86. The summed E-state index contributed by atoms with van der Waals surface area (Å²) in [6.45, 7) is 4.65. The minimum atomic E-state index is -0.574. The lowest BCUT2D eigenvalue weighted by atomic mass is 9.91. The number of ether oxygens (including phenoxy) is 1. The highest BCUT2D eigenvalue weighted by Crippen LogP contribution is 2.30. The normalized spacial score (nSPS) is 26.5. The van der Waals surface area contributed by atoms with Crippen molar-refractivity contribution in [3.05, 3.63) is 21.9 Å². The van der Waals surface area contributed by atoms with Crippen molar-refractivity contribution < 1.29 is 9.53 Å². The second-order valence-corrected chi connectivity index (χ2v) is 5.56. The van der Waals surface area contributed by atoms with Crippen LogP contribution in [0.2, 0.25) is 0 Å². The number of aryl methyl sites for hydroxylation is 1. The molecule has 0 aliphatic carbocycles. The molecule has 15 heavy (non-hydrogen) atoms. The van der Waals surface area contributed by atoms with Crippen molar-refractivity contribution in [2.24, 2.45) is 0 Å². The summed E-state index contributed by atoms with van der Waals surface area (Å²) in [4.78, 5) is 14.2. The van der Waals surface area contributed by atoms with Gasteiger partial charge in [-0.3, -0.25) is 4.79 Å². The number of rotatable bonds is 2. The van der Waals surface area contributed by atoms with E-state index in [1.54, 1.807) is 11.3 Å². The molecule has 3 heteroatoms. The molecule has 1 unspecified atom stereocenters. The molecule has 0 aromatic carbocycles. The maximum absolute atomic E-state index is 12.2. The molecule has 0 spiro atoms. The van der Waals surface area contributed by atoms with E-state index in [0.29, 0.717) is 6.61 Å². The predicted molar refractivity (Wildman–Crippen MR) is 61.6 cm³/mol. The third kappa shape index (κ3) is 2.13. The molecule has 0 amide bonds. The van der Waals surface area contributed by atoms with E-state index in [0.717, 1.165) is 24.1 Å². The fraction of sp³-hybridized carbons (Fsp3) is 0.583. The lowest BCUT2D eigenvalue weighted by Gasteiger charge is -2.31. The molecule has 2 nitrogen and oxygen atoms in total. The van der Waals surface area contributed by atoms with Crippen LogP contribution in [0.25, 0.3) is 0 Å². The Kier molecular flexibility index (Phi) is 2.94. The highest BCUT2D eigenvalue weighted by Gasteiger charge is 2.37. The molecule has 1 aromatic heterocycles. The third-order valence-corrected chi connectivity index (χ3v) is 3.91. The van der Waals surface area contributed by atoms with Crippen molar-refractivity contribution in [1.29, 1.82) is 0 Å². The zero-order chi connectivity index (χ0) is 10.9. The Balaban J connectivity index is 2.19. The summed E-state index contributed by atoms with van der Waals surface area (Å²) in [6.07, 6.45) is 3.02. The van der Waals surface area contributed by atoms with E-state index in [4.69, 9.17) is 4.74 Å². The van der Waals surface area contributed by atoms with Crippen molar-refractivity contribution in [3.8, 4) is 0 Å². The molecule has 1 saturated heterocycles. The molecule has 1 fully saturated rings. The van der Waals surface area contributed by atoms with E-state index in [1.165, 1.54) is 4.88 Å². The van der Waals surface area contributed by atoms with E-state index < -0.39 is 5.60 Å². The Morgan fingerprint density at radius 3 is 2.80 bits per heavy atom. The molecule has 0 radical (unpaired) electrons. The van der Waals surface area contributed by atoms with Gasteiger partial charge in [0.25, 0.3) is 0 Å². The Labute approximate surface area is 94.3 Å². The van der Waals surface area contributed by atoms with Gasteiger partial charge in [0.2, 0.25) is 5.78 Å². The van der Waals surface area contributed by atoms with Crippen LogP contribution in [0.1, 0.15) is 40.7 Å². The second-order valence-electron chi connectivity index (χ2n) is 4.28. The average molecular weight is 224 g/mol. The van der Waals surface area contributed by atoms with Gasteiger partial charge in [-0.05, 0) is 45.2 Å². The zero-order valence-electron chi connectivity index (χ0n) is 9.21. The Hall–Kier alpha value is -0.670. The molecule has 0 bridgehead atoms. The number of hydrogen-bond donors (Lipinski definition) is 0. The molecular weight excluding hydrogens is 208 g/mol. The lowest BCUT2D eigenvalue weighted by Crippen LogP contribution is -2.40. The maximum Gasteiger partial charge on any atom is 0.204 e. The Morgan fingerprint density at radius 1 is 1.47 bits per heavy atom. The van der Waals surface area contributed by atoms with Crippen molar-refractivity contribution in [1.82, 2.24) is 0 Å². The van der Waals surface area contributed by atoms with Gasteiger partial charge in [-0.1, -0.05) is 0 Å². The first-order valence-electron chi connectivity index (χ1n) is 5.37. The molecule has 1 aromatic rings. The smallest absolute Gasteiger partial charge is 0.204 e. The van der Waals surface area contributed by atoms with E-state index in [9.17, 15) is 4.79 Å². The van der Waals surface area contributed by atoms with Crippen LogP contribution in [-0.4, -0.2) is 18.0 Å². The molecule has 1 atom stereocenters. The van der Waals surface area contributed by atoms with Crippen LogP contribution in [0.5, 0.6) is 0 Å². The van der Waals surface area contributed by atoms with Crippen LogP contribution in [0.15, 0.2) is 12.1 Å². The van der Waals surface area contributed by atoms with Crippen LogP contribution in [0, 0.1) is 6.92 Å². The van der Waals surface area contributed by atoms with E-state index in [2.05, 4.69) is 0 Å². The predicted octanol–water partition coefficient (Wildman–Crippen LogP) is 3.20. The molecule has 2 rings (SSSR count). The third-order valence-electron chi connectivity index (χ3n) is 2.91. The average Bonchev–Trinajstić information content (AvgIpc) is 2.65. The molecular formula is C12H16O2S. The summed E-state index contributed by atoms with van der Waals surface area (Å²) >= 11 is 1.56. The number of Topliss-reactive ketones (excluding diaryl/α,β-unsaturated/α-hetero) is 1. The van der Waals surface area contributed by atoms with Crippen LogP contribution < -0.4 is 0 Å². The second kappa shape index (κ2) is 4.06. The van der Waals surface area contributed by atoms with Crippen LogP contribution in [0.3, 0.4) is 0 Å². The van der Waals surface area contributed by atoms with Crippen molar-refractivity contribution >= 4 is 17.1 Å². The van der Waals surface area contributed by atoms with Crippen LogP contribution in [-0.2, 0) is 4.74 Å². The summed E-state index contributed by atoms with van der Waals surface area (Å²) in [5.41, 5.74) is -0.574. The SMILES string of the molecule is Cc1ccc(C(=O)C2(C)CCCCO2)s1. The Morgan fingerprint density at radius 2 is 2.27 bits per heavy atom. The quantitative estimate of drug-likeness (QED) is 0.721. The van der Waals surface area contributed by atoms with Crippen LogP contribution >= 0.6 is 11.3 Å². The van der Waals surface area contributed by atoms with Crippen LogP contribution in [0.4, 0.5) is 0 Å². The van der Waals surface area contributed by atoms with Crippen molar-refractivity contribution in [2.75, 3.05) is 6.61 Å². The van der Waals surface area contributed by atoms with Gasteiger partial charge in [0.1, 0.15) is 5.60 Å². The van der Waals surface area contributed by atoms with Gasteiger partial charge in [0.05, 0.1) is 4.88 Å². The first-order valence-corrected chi connectivity index (χ1v) is 6.19. The highest BCUT2D eigenvalue weighted by molar-refractivity contribution is 7.14. The topological polar surface area (TPSA) is 26.3 Å². The largest absolute Gasteiger partial charge is 0.367 e. The van der Waals surface area contributed by atoms with Gasteiger partial charge >= 0.3 is 0 Å². The minimum absolute atomic E-state index is 0.153. The number of carbonyl (C=O) groups is 1. The monoisotopic (exact) mass is 224 g/mol. The maximum atomic E-state index is 12.2. The van der Waals surface area contributed by atoms with Gasteiger partial charge < -0.3 is 4.74 Å². The van der Waals surface area contributed by atoms with Gasteiger partial charge in [0, 0.05) is 11.5 Å². The first kappa shape index (κ1) is 10.8. The number of ketones is 1. The number of carbonyl (C=O) groups excluding carboxylic acids is 1. The van der Waals surface area contributed by atoms with Crippen molar-refractivity contribution in [2.45, 2.75) is 38.7 Å². The highest BCUT2D eigenvalue weighted by atomic mass is 32.1. The lowest BCUT2D eigenvalue weighted by molar-refractivity contribution is -0.0423. The molecule has 1 aliphatic rings. The first-order chi connectivity index (χ1) is 7.12. The molecule has 0 N–H and O–H groups in total. The van der Waals surface area contributed by atoms with Gasteiger partial charge in [-0.25, -0.2) is 0 Å². The summed E-state index contributed by atoms with van der Waals surface area (Å²) in [7, 11) is 0.